The van der Waals surface area contributed by atoms with Crippen LogP contribution in [-0.2, 0) is 0 Å². The van der Waals surface area contributed by atoms with Crippen LogP contribution < -0.4 is 0 Å². The summed E-state index contributed by atoms with van der Waals surface area (Å²) in [7, 11) is 0. The van der Waals surface area contributed by atoms with Crippen molar-refractivity contribution in [2.75, 3.05) is 0 Å². The van der Waals surface area contributed by atoms with Crippen molar-refractivity contribution in [1.82, 2.24) is 0 Å². The Hall–Kier alpha value is -2.10. The summed E-state index contributed by atoms with van der Waals surface area (Å²) >= 11 is 5.08. The highest BCUT2D eigenvalue weighted by Gasteiger charge is 2.32. The molecule has 0 radical (unpaired) electrons. The number of thioether (sulfide) groups is 1. The van der Waals surface area contributed by atoms with Gasteiger partial charge in [-0.1, -0.05) is 88.4 Å². The zero-order chi connectivity index (χ0) is 16.5. The molecule has 0 spiro atoms. The van der Waals surface area contributed by atoms with Crippen molar-refractivity contribution >= 4 is 39.0 Å². The summed E-state index contributed by atoms with van der Waals surface area (Å²) in [6, 6.07) is 26.1. The Morgan fingerprint density at radius 3 is 2.12 bits per heavy atom. The predicted molar refractivity (Wildman–Crippen MR) is 103 cm³/mol. The number of hydrogen-bond donors (Lipinski definition) is 0. The van der Waals surface area contributed by atoms with Gasteiger partial charge < -0.3 is 0 Å². The monoisotopic (exact) mass is 392 g/mol. The quantitative estimate of drug-likeness (QED) is 0.527. The van der Waals surface area contributed by atoms with Gasteiger partial charge in [0.2, 0.25) is 5.78 Å². The van der Waals surface area contributed by atoms with E-state index in [1.165, 1.54) is 11.8 Å². The molecule has 3 aromatic carbocycles. The van der Waals surface area contributed by atoms with Crippen LogP contribution in [-0.4, -0.2) is 5.78 Å². The first-order valence-corrected chi connectivity index (χ1v) is 9.23. The third kappa shape index (κ3) is 2.64. The van der Waals surface area contributed by atoms with Crippen LogP contribution in [0.2, 0.25) is 0 Å². The van der Waals surface area contributed by atoms with E-state index in [2.05, 4.69) is 28.1 Å². The molecule has 3 heteroatoms. The molecule has 24 heavy (non-hydrogen) atoms. The lowest BCUT2D eigenvalue weighted by atomic mass is 9.99. The minimum Gasteiger partial charge on any atom is -0.288 e. The Labute approximate surface area is 153 Å². The van der Waals surface area contributed by atoms with Gasteiger partial charge in [0.05, 0.1) is 4.91 Å². The van der Waals surface area contributed by atoms with E-state index in [4.69, 9.17) is 0 Å². The van der Waals surface area contributed by atoms with Crippen molar-refractivity contribution in [3.8, 4) is 0 Å². The lowest BCUT2D eigenvalue weighted by molar-refractivity contribution is 0.104. The highest BCUT2D eigenvalue weighted by Crippen LogP contribution is 2.46. The maximum absolute atomic E-state index is 13.1. The molecule has 1 aliphatic rings. The van der Waals surface area contributed by atoms with E-state index >= 15 is 0 Å². The number of carbonyl (C=O) groups is 1. The van der Waals surface area contributed by atoms with Gasteiger partial charge in [-0.3, -0.25) is 4.79 Å². The molecule has 0 N–H and O–H groups in total. The van der Waals surface area contributed by atoms with E-state index in [1.807, 2.05) is 66.7 Å². The largest absolute Gasteiger partial charge is 0.288 e. The van der Waals surface area contributed by atoms with Crippen molar-refractivity contribution in [2.45, 2.75) is 4.90 Å². The topological polar surface area (TPSA) is 17.1 Å². The van der Waals surface area contributed by atoms with E-state index in [-0.39, 0.29) is 5.78 Å². The fraction of sp³-hybridized carbons (Fsp3) is 0. The molecule has 0 bridgehead atoms. The van der Waals surface area contributed by atoms with Crippen LogP contribution in [0.15, 0.2) is 93.1 Å². The van der Waals surface area contributed by atoms with E-state index in [9.17, 15) is 4.79 Å². The number of benzene rings is 3. The first kappa shape index (κ1) is 15.4. The molecular weight excluding hydrogens is 380 g/mol. The number of ketones is 1. The van der Waals surface area contributed by atoms with E-state index in [0.29, 0.717) is 0 Å². The molecule has 0 amide bonds. The Morgan fingerprint density at radius 2 is 1.42 bits per heavy atom. The molecule has 0 unspecified atom stereocenters. The SMILES string of the molecule is O=C1C(Sc2ccccc2)=C(c2ccccc2)c2cccc(Br)c21. The van der Waals surface area contributed by atoms with Gasteiger partial charge in [0, 0.05) is 20.5 Å². The van der Waals surface area contributed by atoms with Gasteiger partial charge in [-0.05, 0) is 29.3 Å². The molecule has 0 saturated carbocycles. The molecule has 4 rings (SSSR count). The van der Waals surface area contributed by atoms with Crippen molar-refractivity contribution in [3.63, 3.8) is 0 Å². The molecule has 0 aromatic heterocycles. The number of hydrogen-bond acceptors (Lipinski definition) is 2. The third-order valence-corrected chi connectivity index (χ3v) is 5.73. The molecule has 0 heterocycles. The second-order valence-electron chi connectivity index (χ2n) is 5.48. The number of fused-ring (bicyclic) bond motifs is 1. The molecule has 1 nitrogen and oxygen atoms in total. The van der Waals surface area contributed by atoms with Gasteiger partial charge in [0.1, 0.15) is 0 Å². The van der Waals surface area contributed by atoms with Crippen LogP contribution in [0.1, 0.15) is 21.5 Å². The molecule has 0 aliphatic heterocycles. The van der Waals surface area contributed by atoms with E-state index in [0.717, 1.165) is 36.5 Å². The fourth-order valence-corrected chi connectivity index (χ4v) is 4.51. The summed E-state index contributed by atoms with van der Waals surface area (Å²) < 4.78 is 0.849. The van der Waals surface area contributed by atoms with E-state index in [1.54, 1.807) is 0 Å². The van der Waals surface area contributed by atoms with Crippen LogP contribution in [0.5, 0.6) is 0 Å². The summed E-state index contributed by atoms with van der Waals surface area (Å²) in [6.07, 6.45) is 0. The first-order chi connectivity index (χ1) is 11.8. The molecule has 0 atom stereocenters. The van der Waals surface area contributed by atoms with Crippen molar-refractivity contribution in [3.05, 3.63) is 105 Å². The molecule has 0 saturated heterocycles. The van der Waals surface area contributed by atoms with Crippen molar-refractivity contribution in [2.24, 2.45) is 0 Å². The van der Waals surface area contributed by atoms with E-state index < -0.39 is 0 Å². The van der Waals surface area contributed by atoms with Gasteiger partial charge >= 0.3 is 0 Å². The fourth-order valence-electron chi connectivity index (χ4n) is 2.91. The van der Waals surface area contributed by atoms with Crippen LogP contribution in [0.4, 0.5) is 0 Å². The average Bonchev–Trinajstić information content (AvgIpc) is 2.90. The number of halogens is 1. The Morgan fingerprint density at radius 1 is 0.750 bits per heavy atom. The van der Waals surface area contributed by atoms with Gasteiger partial charge in [0.15, 0.2) is 0 Å². The number of carbonyl (C=O) groups excluding carboxylic acids is 1. The first-order valence-electron chi connectivity index (χ1n) is 7.62. The van der Waals surface area contributed by atoms with Crippen molar-refractivity contribution in [1.29, 1.82) is 0 Å². The summed E-state index contributed by atoms with van der Waals surface area (Å²) in [6.45, 7) is 0. The maximum atomic E-state index is 13.1. The minimum atomic E-state index is 0.0881. The summed E-state index contributed by atoms with van der Waals surface area (Å²) in [5.74, 6) is 0.0881. The summed E-state index contributed by atoms with van der Waals surface area (Å²) in [4.78, 5) is 15.0. The summed E-state index contributed by atoms with van der Waals surface area (Å²) in [5.41, 5.74) is 3.85. The van der Waals surface area contributed by atoms with Crippen LogP contribution in [0.3, 0.4) is 0 Å². The normalized spacial score (nSPS) is 13.3. The molecule has 116 valence electrons. The van der Waals surface area contributed by atoms with Crippen molar-refractivity contribution < 1.29 is 4.79 Å². The Bertz CT molecular complexity index is 946. The van der Waals surface area contributed by atoms with Crippen LogP contribution in [0.25, 0.3) is 5.57 Å². The standard InChI is InChI=1S/C21H13BrOS/c22-17-13-7-12-16-18(14-8-3-1-4-9-14)21(20(23)19(16)17)24-15-10-5-2-6-11-15/h1-13H. The van der Waals surface area contributed by atoms with Gasteiger partial charge in [0.25, 0.3) is 0 Å². The predicted octanol–water partition coefficient (Wildman–Crippen LogP) is 6.20. The highest BCUT2D eigenvalue weighted by molar-refractivity contribution is 9.10. The Kier molecular flexibility index (Phi) is 4.13. The van der Waals surface area contributed by atoms with Crippen LogP contribution >= 0.6 is 27.7 Å². The van der Waals surface area contributed by atoms with Crippen LogP contribution in [0, 0.1) is 0 Å². The minimum absolute atomic E-state index is 0.0881. The second kappa shape index (κ2) is 6.42. The maximum Gasteiger partial charge on any atom is 0.202 e. The zero-order valence-corrected chi connectivity index (χ0v) is 15.1. The molecule has 0 fully saturated rings. The van der Waals surface area contributed by atoms with Gasteiger partial charge in [-0.15, -0.1) is 0 Å². The lowest BCUT2D eigenvalue weighted by Gasteiger charge is -2.08. The number of Topliss-reactive ketones (excluding diaryl/α,β-unsaturated/α-hetero) is 1. The molecular formula is C21H13BrOS. The molecule has 1 aliphatic carbocycles. The highest BCUT2D eigenvalue weighted by atomic mass is 79.9. The second-order valence-corrected chi connectivity index (χ2v) is 7.41. The smallest absolute Gasteiger partial charge is 0.202 e. The number of rotatable bonds is 3. The lowest BCUT2D eigenvalue weighted by Crippen LogP contribution is -1.97. The molecule has 3 aromatic rings. The van der Waals surface area contributed by atoms with Gasteiger partial charge in [-0.25, -0.2) is 0 Å². The average molecular weight is 393 g/mol. The Balaban J connectivity index is 1.92. The number of allylic oxidation sites excluding steroid dienone is 1. The zero-order valence-electron chi connectivity index (χ0n) is 12.7. The summed E-state index contributed by atoms with van der Waals surface area (Å²) in [5, 5.41) is 0. The third-order valence-electron chi connectivity index (χ3n) is 3.97. The van der Waals surface area contributed by atoms with Gasteiger partial charge in [-0.2, -0.15) is 0 Å².